The van der Waals surface area contributed by atoms with E-state index < -0.39 is 0 Å². The van der Waals surface area contributed by atoms with Gasteiger partial charge >= 0.3 is 0 Å². The van der Waals surface area contributed by atoms with E-state index in [1.165, 1.54) is 0 Å². The standard InChI is InChI=1S/C9H18N2/c1-6(2)9(10)8(5)11-7(3)4/h7H,10H2,1-5H3. The van der Waals surface area contributed by atoms with Crippen molar-refractivity contribution in [1.29, 1.82) is 0 Å². The van der Waals surface area contributed by atoms with Gasteiger partial charge in [0.25, 0.3) is 0 Å². The number of hydrogen-bond acceptors (Lipinski definition) is 2. The van der Waals surface area contributed by atoms with Crippen LogP contribution in [-0.4, -0.2) is 11.8 Å². The third kappa shape index (κ3) is 3.81. The van der Waals surface area contributed by atoms with E-state index in [0.717, 1.165) is 17.0 Å². The van der Waals surface area contributed by atoms with Crippen molar-refractivity contribution < 1.29 is 0 Å². The smallest absolute Gasteiger partial charge is 0.0548 e. The molecule has 0 aliphatic heterocycles. The van der Waals surface area contributed by atoms with Crippen molar-refractivity contribution in [3.05, 3.63) is 11.3 Å². The Balaban J connectivity index is 4.50. The lowest BCUT2D eigenvalue weighted by Crippen LogP contribution is -2.11. The Morgan fingerprint density at radius 2 is 1.64 bits per heavy atom. The minimum Gasteiger partial charge on any atom is -0.397 e. The molecule has 0 saturated carbocycles. The van der Waals surface area contributed by atoms with Crippen LogP contribution in [0.25, 0.3) is 0 Å². The van der Waals surface area contributed by atoms with Gasteiger partial charge in [-0.15, -0.1) is 0 Å². The summed E-state index contributed by atoms with van der Waals surface area (Å²) in [6, 6.07) is 0.327. The Labute approximate surface area is 69.2 Å². The normalized spacial score (nSPS) is 12.0. The van der Waals surface area contributed by atoms with Crippen molar-refractivity contribution in [3.8, 4) is 0 Å². The average molecular weight is 154 g/mol. The molecule has 0 unspecified atom stereocenters. The van der Waals surface area contributed by atoms with E-state index in [1.807, 2.05) is 34.6 Å². The van der Waals surface area contributed by atoms with Crippen molar-refractivity contribution in [3.63, 3.8) is 0 Å². The fourth-order valence-electron chi connectivity index (χ4n) is 0.819. The van der Waals surface area contributed by atoms with Crippen LogP contribution in [0.2, 0.25) is 0 Å². The second-order valence-electron chi connectivity index (χ2n) is 3.22. The van der Waals surface area contributed by atoms with Crippen molar-refractivity contribution in [2.24, 2.45) is 10.7 Å². The molecule has 0 aromatic carbocycles. The summed E-state index contributed by atoms with van der Waals surface area (Å²) in [6.07, 6.45) is 0. The lowest BCUT2D eigenvalue weighted by molar-refractivity contribution is 0.834. The summed E-state index contributed by atoms with van der Waals surface area (Å²) < 4.78 is 0. The van der Waals surface area contributed by atoms with Crippen LogP contribution >= 0.6 is 0 Å². The van der Waals surface area contributed by atoms with Gasteiger partial charge in [-0.3, -0.25) is 4.99 Å². The van der Waals surface area contributed by atoms with E-state index >= 15 is 0 Å². The van der Waals surface area contributed by atoms with Crippen LogP contribution in [0.1, 0.15) is 34.6 Å². The first-order chi connectivity index (χ1) is 4.95. The molecular formula is C9H18N2. The summed E-state index contributed by atoms with van der Waals surface area (Å²) in [7, 11) is 0. The molecule has 2 N–H and O–H groups in total. The lowest BCUT2D eigenvalue weighted by Gasteiger charge is -2.04. The molecule has 0 spiro atoms. The fourth-order valence-corrected chi connectivity index (χ4v) is 0.819. The molecule has 64 valence electrons. The molecule has 11 heavy (non-hydrogen) atoms. The highest BCUT2D eigenvalue weighted by Crippen LogP contribution is 2.00. The summed E-state index contributed by atoms with van der Waals surface area (Å²) in [6.45, 7) is 10.0. The van der Waals surface area contributed by atoms with Gasteiger partial charge in [-0.25, -0.2) is 0 Å². The SMILES string of the molecule is CC(=NC(C)C)C(N)=C(C)C. The predicted octanol–water partition coefficient (Wildman–Crippen LogP) is 2.11. The molecule has 0 aromatic heterocycles. The maximum atomic E-state index is 5.76. The highest BCUT2D eigenvalue weighted by Gasteiger charge is 1.98. The number of nitrogens with two attached hydrogens (primary N) is 1. The fraction of sp³-hybridized carbons (Fsp3) is 0.667. The van der Waals surface area contributed by atoms with Crippen LogP contribution in [0.5, 0.6) is 0 Å². The van der Waals surface area contributed by atoms with Gasteiger partial charge in [-0.05, 0) is 34.6 Å². The largest absolute Gasteiger partial charge is 0.397 e. The van der Waals surface area contributed by atoms with E-state index in [1.54, 1.807) is 0 Å². The Hall–Kier alpha value is -0.790. The molecule has 0 saturated heterocycles. The Bertz CT molecular complexity index is 184. The van der Waals surface area contributed by atoms with Crippen LogP contribution in [0.15, 0.2) is 16.3 Å². The predicted molar refractivity (Wildman–Crippen MR) is 50.8 cm³/mol. The van der Waals surface area contributed by atoms with Gasteiger partial charge in [0.2, 0.25) is 0 Å². The Morgan fingerprint density at radius 3 is 1.91 bits per heavy atom. The van der Waals surface area contributed by atoms with Gasteiger partial charge in [0.05, 0.1) is 11.4 Å². The van der Waals surface area contributed by atoms with E-state index in [0.29, 0.717) is 6.04 Å². The van der Waals surface area contributed by atoms with E-state index in [4.69, 9.17) is 5.73 Å². The van der Waals surface area contributed by atoms with Crippen molar-refractivity contribution in [2.75, 3.05) is 0 Å². The Kier molecular flexibility index (Phi) is 3.86. The van der Waals surface area contributed by atoms with E-state index in [2.05, 4.69) is 4.99 Å². The summed E-state index contributed by atoms with van der Waals surface area (Å²) in [5.74, 6) is 0. The number of hydrogen-bond donors (Lipinski definition) is 1. The molecule has 0 atom stereocenters. The van der Waals surface area contributed by atoms with Crippen LogP contribution in [0.4, 0.5) is 0 Å². The first-order valence-electron chi connectivity index (χ1n) is 3.93. The highest BCUT2D eigenvalue weighted by atomic mass is 14.8. The number of aliphatic imine (C=N–C) groups is 1. The number of nitrogens with zero attached hydrogens (tertiary/aromatic N) is 1. The van der Waals surface area contributed by atoms with Crippen molar-refractivity contribution >= 4 is 5.71 Å². The molecule has 2 nitrogen and oxygen atoms in total. The van der Waals surface area contributed by atoms with Crippen LogP contribution in [0.3, 0.4) is 0 Å². The van der Waals surface area contributed by atoms with E-state index in [9.17, 15) is 0 Å². The highest BCUT2D eigenvalue weighted by molar-refractivity contribution is 5.97. The molecule has 0 bridgehead atoms. The summed E-state index contributed by atoms with van der Waals surface area (Å²) in [4.78, 5) is 4.33. The molecule has 0 rings (SSSR count). The molecule has 0 aromatic rings. The second-order valence-corrected chi connectivity index (χ2v) is 3.22. The van der Waals surface area contributed by atoms with Gasteiger partial charge < -0.3 is 5.73 Å². The van der Waals surface area contributed by atoms with Crippen molar-refractivity contribution in [2.45, 2.75) is 40.7 Å². The first kappa shape index (κ1) is 10.2. The van der Waals surface area contributed by atoms with Crippen molar-refractivity contribution in [1.82, 2.24) is 0 Å². The molecule has 0 aliphatic rings. The molecule has 0 radical (unpaired) electrons. The molecular weight excluding hydrogens is 136 g/mol. The van der Waals surface area contributed by atoms with Crippen LogP contribution in [-0.2, 0) is 0 Å². The summed E-state index contributed by atoms with van der Waals surface area (Å²) >= 11 is 0. The van der Waals surface area contributed by atoms with Crippen LogP contribution < -0.4 is 5.73 Å². The molecule has 0 fully saturated rings. The van der Waals surface area contributed by atoms with E-state index in [-0.39, 0.29) is 0 Å². The first-order valence-corrected chi connectivity index (χ1v) is 3.93. The average Bonchev–Trinajstić information content (AvgIpc) is 1.84. The minimum absolute atomic E-state index is 0.327. The topological polar surface area (TPSA) is 38.4 Å². The zero-order valence-corrected chi connectivity index (χ0v) is 8.10. The number of allylic oxidation sites excluding steroid dienone is 2. The minimum atomic E-state index is 0.327. The second kappa shape index (κ2) is 4.16. The Morgan fingerprint density at radius 1 is 1.18 bits per heavy atom. The lowest BCUT2D eigenvalue weighted by atomic mass is 10.2. The maximum absolute atomic E-state index is 5.76. The molecule has 0 aliphatic carbocycles. The maximum Gasteiger partial charge on any atom is 0.0548 e. The summed E-state index contributed by atoms with van der Waals surface area (Å²) in [5.41, 5.74) is 8.65. The van der Waals surface area contributed by atoms with Gasteiger partial charge in [0, 0.05) is 6.04 Å². The molecule has 0 heterocycles. The zero-order valence-electron chi connectivity index (χ0n) is 8.10. The number of rotatable bonds is 2. The zero-order chi connectivity index (χ0) is 9.02. The third-order valence-electron chi connectivity index (χ3n) is 1.38. The van der Waals surface area contributed by atoms with Gasteiger partial charge in [0.1, 0.15) is 0 Å². The van der Waals surface area contributed by atoms with Crippen LogP contribution in [0, 0.1) is 0 Å². The van der Waals surface area contributed by atoms with Gasteiger partial charge in [-0.1, -0.05) is 5.57 Å². The molecule has 2 heteroatoms. The van der Waals surface area contributed by atoms with Gasteiger partial charge in [0.15, 0.2) is 0 Å². The third-order valence-corrected chi connectivity index (χ3v) is 1.38. The quantitative estimate of drug-likeness (QED) is 0.608. The molecule has 0 amide bonds. The summed E-state index contributed by atoms with van der Waals surface area (Å²) in [5, 5.41) is 0. The monoisotopic (exact) mass is 154 g/mol. The van der Waals surface area contributed by atoms with Gasteiger partial charge in [-0.2, -0.15) is 0 Å².